The van der Waals surface area contributed by atoms with Gasteiger partial charge < -0.3 is 0 Å². The van der Waals surface area contributed by atoms with E-state index in [0.717, 1.165) is 10.9 Å². The molecule has 0 aliphatic carbocycles. The van der Waals surface area contributed by atoms with Crippen molar-refractivity contribution in [3.05, 3.63) is 69.7 Å². The van der Waals surface area contributed by atoms with Crippen LogP contribution in [0.4, 0.5) is 0 Å². The maximum Gasteiger partial charge on any atom is 0.0335 e. The van der Waals surface area contributed by atoms with Gasteiger partial charge >= 0.3 is 0 Å². The molecule has 2 rings (SSSR count). The van der Waals surface area contributed by atoms with Crippen LogP contribution in [0.15, 0.2) is 53.0 Å². The zero-order valence-corrected chi connectivity index (χ0v) is 14.5. The molecule has 0 aromatic heterocycles. The number of benzene rings is 2. The largest absolute Gasteiger partial charge is 0.126 e. The fourth-order valence-electron chi connectivity index (χ4n) is 2.47. The second kappa shape index (κ2) is 6.98. The molecule has 0 amide bonds. The summed E-state index contributed by atoms with van der Waals surface area (Å²) in [5.74, 6) is 0.986. The summed E-state index contributed by atoms with van der Waals surface area (Å²) in [7, 11) is 0. The van der Waals surface area contributed by atoms with Crippen LogP contribution in [0.5, 0.6) is 0 Å². The van der Waals surface area contributed by atoms with Crippen LogP contribution in [0.2, 0.25) is 0 Å². The summed E-state index contributed by atoms with van der Waals surface area (Å²) in [6.07, 6.45) is 0.838. The van der Waals surface area contributed by atoms with E-state index in [2.05, 4.69) is 53.2 Å². The van der Waals surface area contributed by atoms with Crippen molar-refractivity contribution in [2.45, 2.75) is 18.8 Å². The number of rotatable bonds is 5. The molecule has 0 nitrogen and oxygen atoms in total. The summed E-state index contributed by atoms with van der Waals surface area (Å²) >= 11 is 16.3. The van der Waals surface area contributed by atoms with Crippen molar-refractivity contribution < 1.29 is 0 Å². The van der Waals surface area contributed by atoms with Gasteiger partial charge in [0.2, 0.25) is 0 Å². The van der Waals surface area contributed by atoms with E-state index in [1.165, 1.54) is 16.7 Å². The van der Waals surface area contributed by atoms with Gasteiger partial charge in [0.1, 0.15) is 0 Å². The Kier molecular flexibility index (Phi) is 5.54. The van der Waals surface area contributed by atoms with Gasteiger partial charge in [-0.05, 0) is 30.5 Å². The molecule has 20 heavy (non-hydrogen) atoms. The minimum atomic E-state index is -0.253. The van der Waals surface area contributed by atoms with Gasteiger partial charge in [-0.2, -0.15) is 0 Å². The van der Waals surface area contributed by atoms with Crippen LogP contribution in [0.25, 0.3) is 0 Å². The van der Waals surface area contributed by atoms with Gasteiger partial charge in [-0.1, -0.05) is 64.0 Å². The van der Waals surface area contributed by atoms with E-state index < -0.39 is 0 Å². The van der Waals surface area contributed by atoms with Crippen molar-refractivity contribution in [1.82, 2.24) is 0 Å². The van der Waals surface area contributed by atoms with Crippen molar-refractivity contribution in [2.75, 3.05) is 11.8 Å². The first-order valence-corrected chi connectivity index (χ1v) is 8.40. The quantitative estimate of drug-likeness (QED) is 0.590. The Labute approximate surface area is 139 Å². The third-order valence-electron chi connectivity index (χ3n) is 3.58. The molecule has 0 radical (unpaired) electrons. The van der Waals surface area contributed by atoms with Crippen molar-refractivity contribution in [3.63, 3.8) is 0 Å². The number of aryl methyl sites for hydroxylation is 1. The SMILES string of the molecule is Cc1cccc(CC(CCl)(CCl)c2ccccc2Br)c1. The van der Waals surface area contributed by atoms with Gasteiger partial charge in [-0.3, -0.25) is 0 Å². The van der Waals surface area contributed by atoms with Crippen molar-refractivity contribution >= 4 is 39.1 Å². The molecular formula is C17H17BrCl2. The van der Waals surface area contributed by atoms with Crippen LogP contribution in [-0.4, -0.2) is 11.8 Å². The summed E-state index contributed by atoms with van der Waals surface area (Å²) in [6, 6.07) is 16.7. The lowest BCUT2D eigenvalue weighted by Gasteiger charge is -2.31. The van der Waals surface area contributed by atoms with Crippen LogP contribution in [0, 0.1) is 6.92 Å². The first kappa shape index (κ1) is 15.9. The Hall–Kier alpha value is -0.500. The van der Waals surface area contributed by atoms with Gasteiger partial charge in [0.25, 0.3) is 0 Å². The molecule has 3 heteroatoms. The monoisotopic (exact) mass is 370 g/mol. The zero-order valence-electron chi connectivity index (χ0n) is 11.4. The molecule has 0 saturated carbocycles. The summed E-state index contributed by atoms with van der Waals surface area (Å²) < 4.78 is 1.06. The van der Waals surface area contributed by atoms with E-state index in [0.29, 0.717) is 11.8 Å². The molecule has 0 atom stereocenters. The maximum absolute atomic E-state index is 6.32. The Morgan fingerprint density at radius 1 is 1.00 bits per heavy atom. The highest BCUT2D eigenvalue weighted by molar-refractivity contribution is 9.10. The maximum atomic E-state index is 6.32. The standard InChI is InChI=1S/C17H17BrCl2/c1-13-5-4-6-14(9-13)10-17(11-19,12-20)15-7-2-3-8-16(15)18/h2-9H,10-12H2,1H3. The van der Waals surface area contributed by atoms with E-state index in [1.807, 2.05) is 18.2 Å². The molecule has 2 aromatic carbocycles. The summed E-state index contributed by atoms with van der Waals surface area (Å²) in [5.41, 5.74) is 3.44. The minimum Gasteiger partial charge on any atom is -0.126 e. The molecule has 0 unspecified atom stereocenters. The van der Waals surface area contributed by atoms with Gasteiger partial charge in [0.15, 0.2) is 0 Å². The topological polar surface area (TPSA) is 0 Å². The third-order valence-corrected chi connectivity index (χ3v) is 5.30. The van der Waals surface area contributed by atoms with Gasteiger partial charge in [0.05, 0.1) is 0 Å². The molecule has 0 aliphatic rings. The lowest BCUT2D eigenvalue weighted by molar-refractivity contribution is 0.533. The third kappa shape index (κ3) is 3.39. The zero-order chi connectivity index (χ0) is 14.6. The fourth-order valence-corrected chi connectivity index (χ4v) is 3.94. The minimum absolute atomic E-state index is 0.253. The number of hydrogen-bond donors (Lipinski definition) is 0. The predicted octanol–water partition coefficient (Wildman–Crippen LogP) is 5.72. The Morgan fingerprint density at radius 2 is 1.70 bits per heavy atom. The molecule has 0 N–H and O–H groups in total. The highest BCUT2D eigenvalue weighted by atomic mass is 79.9. The summed E-state index contributed by atoms with van der Waals surface area (Å²) in [4.78, 5) is 0. The number of halogens is 3. The van der Waals surface area contributed by atoms with Crippen molar-refractivity contribution in [3.8, 4) is 0 Å². The molecule has 0 saturated heterocycles. The summed E-state index contributed by atoms with van der Waals surface area (Å²) in [5, 5.41) is 0. The first-order chi connectivity index (χ1) is 9.61. The highest BCUT2D eigenvalue weighted by Gasteiger charge is 2.32. The predicted molar refractivity (Wildman–Crippen MR) is 92.1 cm³/mol. The van der Waals surface area contributed by atoms with E-state index in [4.69, 9.17) is 23.2 Å². The fraction of sp³-hybridized carbons (Fsp3) is 0.294. The molecule has 2 aromatic rings. The van der Waals surface area contributed by atoms with E-state index in [9.17, 15) is 0 Å². The Morgan fingerprint density at radius 3 is 2.30 bits per heavy atom. The van der Waals surface area contributed by atoms with Crippen molar-refractivity contribution in [1.29, 1.82) is 0 Å². The number of hydrogen-bond acceptors (Lipinski definition) is 0. The average Bonchev–Trinajstić information content (AvgIpc) is 2.46. The molecule has 0 aliphatic heterocycles. The first-order valence-electron chi connectivity index (χ1n) is 6.54. The molecule has 0 bridgehead atoms. The molecule has 106 valence electrons. The molecular weight excluding hydrogens is 355 g/mol. The number of alkyl halides is 2. The lowest BCUT2D eigenvalue weighted by Crippen LogP contribution is -2.33. The smallest absolute Gasteiger partial charge is 0.0335 e. The van der Waals surface area contributed by atoms with Gasteiger partial charge in [0, 0.05) is 21.6 Å². The molecule has 0 heterocycles. The van der Waals surface area contributed by atoms with Crippen LogP contribution >= 0.6 is 39.1 Å². The average molecular weight is 372 g/mol. The highest BCUT2D eigenvalue weighted by Crippen LogP contribution is 2.36. The summed E-state index contributed by atoms with van der Waals surface area (Å²) in [6.45, 7) is 2.10. The normalized spacial score (nSPS) is 11.6. The second-order valence-corrected chi connectivity index (χ2v) is 6.58. The Bertz CT molecular complexity index is 577. The van der Waals surface area contributed by atoms with Crippen LogP contribution in [-0.2, 0) is 11.8 Å². The molecule has 0 fully saturated rings. The van der Waals surface area contributed by atoms with Crippen LogP contribution in [0.3, 0.4) is 0 Å². The van der Waals surface area contributed by atoms with Crippen molar-refractivity contribution in [2.24, 2.45) is 0 Å². The van der Waals surface area contributed by atoms with E-state index in [1.54, 1.807) is 0 Å². The van der Waals surface area contributed by atoms with Gasteiger partial charge in [-0.15, -0.1) is 23.2 Å². The molecule has 0 spiro atoms. The van der Waals surface area contributed by atoms with E-state index in [-0.39, 0.29) is 5.41 Å². The van der Waals surface area contributed by atoms with Crippen LogP contribution < -0.4 is 0 Å². The second-order valence-electron chi connectivity index (χ2n) is 5.19. The van der Waals surface area contributed by atoms with E-state index >= 15 is 0 Å². The Balaban J connectivity index is 2.42. The van der Waals surface area contributed by atoms with Crippen LogP contribution in [0.1, 0.15) is 16.7 Å². The lowest BCUT2D eigenvalue weighted by atomic mass is 9.78. The van der Waals surface area contributed by atoms with Gasteiger partial charge in [-0.25, -0.2) is 0 Å².